The van der Waals surface area contributed by atoms with Gasteiger partial charge in [-0.2, -0.15) is 0 Å². The number of rotatable bonds is 2. The summed E-state index contributed by atoms with van der Waals surface area (Å²) in [6.07, 6.45) is 0. The first-order valence-corrected chi connectivity index (χ1v) is 4.87. The molecule has 0 heterocycles. The number of carbonyl (C=O) groups is 1. The van der Waals surface area contributed by atoms with Crippen LogP contribution in [0.4, 0.5) is 8.78 Å². The second kappa shape index (κ2) is 4.33. The van der Waals surface area contributed by atoms with Crippen LogP contribution >= 0.6 is 0 Å². The summed E-state index contributed by atoms with van der Waals surface area (Å²) >= 11 is 0. The molecule has 2 aromatic carbocycles. The molecule has 2 nitrogen and oxygen atoms in total. The second-order valence-electron chi connectivity index (χ2n) is 3.51. The molecule has 0 saturated carbocycles. The van der Waals surface area contributed by atoms with Gasteiger partial charge in [0.15, 0.2) is 0 Å². The zero-order valence-electron chi connectivity index (χ0n) is 8.65. The van der Waals surface area contributed by atoms with Gasteiger partial charge in [0, 0.05) is 0 Å². The van der Waals surface area contributed by atoms with E-state index in [1.807, 2.05) is 0 Å². The van der Waals surface area contributed by atoms with Crippen molar-refractivity contribution in [3.05, 3.63) is 59.7 Å². The Hall–Kier alpha value is -2.23. The normalized spacial score (nSPS) is 10.2. The van der Waals surface area contributed by atoms with Crippen molar-refractivity contribution in [3.63, 3.8) is 0 Å². The van der Waals surface area contributed by atoms with Gasteiger partial charge in [0.1, 0.15) is 11.6 Å². The van der Waals surface area contributed by atoms with Gasteiger partial charge in [0.2, 0.25) is 0 Å². The standard InChI is InChI=1S/C13H8F2O2/c14-9-3-1-2-8(6-9)12-7-10(15)4-5-11(12)13(16)17/h1-7H,(H,16,17). The maximum Gasteiger partial charge on any atom is 0.336 e. The van der Waals surface area contributed by atoms with Crippen LogP contribution in [-0.2, 0) is 0 Å². The second-order valence-corrected chi connectivity index (χ2v) is 3.51. The minimum Gasteiger partial charge on any atom is -0.478 e. The monoisotopic (exact) mass is 234 g/mol. The molecule has 0 fully saturated rings. The molecule has 0 radical (unpaired) electrons. The molecule has 4 heteroatoms. The van der Waals surface area contributed by atoms with E-state index in [9.17, 15) is 13.6 Å². The number of carboxylic acid groups (broad SMARTS) is 1. The van der Waals surface area contributed by atoms with Crippen molar-refractivity contribution in [3.8, 4) is 11.1 Å². The van der Waals surface area contributed by atoms with Gasteiger partial charge in [-0.25, -0.2) is 13.6 Å². The third-order valence-corrected chi connectivity index (χ3v) is 2.35. The van der Waals surface area contributed by atoms with Crippen LogP contribution < -0.4 is 0 Å². The summed E-state index contributed by atoms with van der Waals surface area (Å²) in [5.41, 5.74) is 0.441. The van der Waals surface area contributed by atoms with Crippen LogP contribution in [0.3, 0.4) is 0 Å². The van der Waals surface area contributed by atoms with Crippen LogP contribution in [0.15, 0.2) is 42.5 Å². The van der Waals surface area contributed by atoms with Gasteiger partial charge in [-0.05, 0) is 41.5 Å². The zero-order valence-corrected chi connectivity index (χ0v) is 8.65. The molecule has 0 aliphatic carbocycles. The zero-order chi connectivity index (χ0) is 12.4. The Morgan fingerprint density at radius 2 is 1.71 bits per heavy atom. The Morgan fingerprint density at radius 3 is 2.35 bits per heavy atom. The molecule has 0 amide bonds. The molecule has 86 valence electrons. The molecule has 0 aliphatic heterocycles. The summed E-state index contributed by atoms with van der Waals surface area (Å²) in [6.45, 7) is 0. The minimum atomic E-state index is -1.18. The summed E-state index contributed by atoms with van der Waals surface area (Å²) in [7, 11) is 0. The molecule has 2 rings (SSSR count). The minimum absolute atomic E-state index is 0.0583. The highest BCUT2D eigenvalue weighted by Gasteiger charge is 2.12. The van der Waals surface area contributed by atoms with E-state index in [4.69, 9.17) is 5.11 Å². The lowest BCUT2D eigenvalue weighted by molar-refractivity contribution is 0.0697. The summed E-state index contributed by atoms with van der Waals surface area (Å²) in [5.74, 6) is -2.23. The van der Waals surface area contributed by atoms with Gasteiger partial charge in [0.25, 0.3) is 0 Å². The number of hydrogen-bond acceptors (Lipinski definition) is 1. The molecule has 0 saturated heterocycles. The molecular formula is C13H8F2O2. The molecule has 2 aromatic rings. The van der Waals surface area contributed by atoms with Crippen LogP contribution in [-0.4, -0.2) is 11.1 Å². The Kier molecular flexibility index (Phi) is 2.87. The highest BCUT2D eigenvalue weighted by atomic mass is 19.1. The molecule has 17 heavy (non-hydrogen) atoms. The summed E-state index contributed by atoms with van der Waals surface area (Å²) in [6, 6.07) is 8.69. The molecule has 0 unspecified atom stereocenters. The van der Waals surface area contributed by atoms with Crippen LogP contribution in [0.25, 0.3) is 11.1 Å². The van der Waals surface area contributed by atoms with Crippen molar-refractivity contribution < 1.29 is 18.7 Å². The molecule has 0 bridgehead atoms. The van der Waals surface area contributed by atoms with Gasteiger partial charge in [-0.15, -0.1) is 0 Å². The molecular weight excluding hydrogens is 226 g/mol. The van der Waals surface area contributed by atoms with Crippen LogP contribution in [0.5, 0.6) is 0 Å². The first kappa shape index (κ1) is 11.3. The van der Waals surface area contributed by atoms with E-state index in [-0.39, 0.29) is 11.1 Å². The molecule has 0 aromatic heterocycles. The van der Waals surface area contributed by atoms with Gasteiger partial charge >= 0.3 is 5.97 Å². The first-order chi connectivity index (χ1) is 8.08. The Labute approximate surface area is 96.1 Å². The topological polar surface area (TPSA) is 37.3 Å². The van der Waals surface area contributed by atoms with E-state index < -0.39 is 17.6 Å². The summed E-state index contributed by atoms with van der Waals surface area (Å²) in [4.78, 5) is 11.0. The van der Waals surface area contributed by atoms with Gasteiger partial charge < -0.3 is 5.11 Å². The molecule has 0 spiro atoms. The van der Waals surface area contributed by atoms with Crippen molar-refractivity contribution in [2.45, 2.75) is 0 Å². The lowest BCUT2D eigenvalue weighted by Crippen LogP contribution is -2.00. The van der Waals surface area contributed by atoms with Crippen molar-refractivity contribution in [1.82, 2.24) is 0 Å². The number of halogens is 2. The van der Waals surface area contributed by atoms with Crippen LogP contribution in [0.1, 0.15) is 10.4 Å². The van der Waals surface area contributed by atoms with E-state index in [0.29, 0.717) is 5.56 Å². The van der Waals surface area contributed by atoms with E-state index in [2.05, 4.69) is 0 Å². The van der Waals surface area contributed by atoms with Crippen molar-refractivity contribution in [2.75, 3.05) is 0 Å². The van der Waals surface area contributed by atoms with Gasteiger partial charge in [-0.1, -0.05) is 12.1 Å². The SMILES string of the molecule is O=C(O)c1ccc(F)cc1-c1cccc(F)c1. The quantitative estimate of drug-likeness (QED) is 0.865. The fourth-order valence-corrected chi connectivity index (χ4v) is 1.60. The number of hydrogen-bond donors (Lipinski definition) is 1. The average molecular weight is 234 g/mol. The van der Waals surface area contributed by atoms with Crippen molar-refractivity contribution in [2.24, 2.45) is 0 Å². The molecule has 0 aliphatic rings. The van der Waals surface area contributed by atoms with E-state index in [1.54, 1.807) is 0 Å². The first-order valence-electron chi connectivity index (χ1n) is 4.87. The number of benzene rings is 2. The fourth-order valence-electron chi connectivity index (χ4n) is 1.60. The average Bonchev–Trinajstić information content (AvgIpc) is 2.28. The Morgan fingerprint density at radius 1 is 1.00 bits per heavy atom. The third kappa shape index (κ3) is 2.30. The largest absolute Gasteiger partial charge is 0.478 e. The fraction of sp³-hybridized carbons (Fsp3) is 0. The predicted octanol–water partition coefficient (Wildman–Crippen LogP) is 3.33. The third-order valence-electron chi connectivity index (χ3n) is 2.35. The van der Waals surface area contributed by atoms with Crippen LogP contribution in [0.2, 0.25) is 0 Å². The van der Waals surface area contributed by atoms with Crippen molar-refractivity contribution in [1.29, 1.82) is 0 Å². The maximum atomic E-state index is 13.1. The number of carboxylic acids is 1. The predicted molar refractivity (Wildman–Crippen MR) is 58.8 cm³/mol. The maximum absolute atomic E-state index is 13.1. The van der Waals surface area contributed by atoms with Crippen LogP contribution in [0, 0.1) is 11.6 Å². The van der Waals surface area contributed by atoms with Gasteiger partial charge in [-0.3, -0.25) is 0 Å². The summed E-state index contributed by atoms with van der Waals surface area (Å²) in [5, 5.41) is 8.97. The van der Waals surface area contributed by atoms with E-state index >= 15 is 0 Å². The number of aromatic carboxylic acids is 1. The smallest absolute Gasteiger partial charge is 0.336 e. The van der Waals surface area contributed by atoms with Crippen molar-refractivity contribution >= 4 is 5.97 Å². The molecule has 1 N–H and O–H groups in total. The summed E-state index contributed by atoms with van der Waals surface area (Å²) < 4.78 is 26.2. The van der Waals surface area contributed by atoms with E-state index in [0.717, 1.165) is 18.2 Å². The highest BCUT2D eigenvalue weighted by Crippen LogP contribution is 2.25. The van der Waals surface area contributed by atoms with Gasteiger partial charge in [0.05, 0.1) is 5.56 Å². The Bertz CT molecular complexity index is 579. The van der Waals surface area contributed by atoms with E-state index in [1.165, 1.54) is 24.3 Å². The Balaban J connectivity index is 2.65. The lowest BCUT2D eigenvalue weighted by Gasteiger charge is -2.06. The molecule has 0 atom stereocenters. The lowest BCUT2D eigenvalue weighted by atomic mass is 9.99. The highest BCUT2D eigenvalue weighted by molar-refractivity contribution is 5.96.